The smallest absolute Gasteiger partial charge is 0.288 e. The van der Waals surface area contributed by atoms with Gasteiger partial charge in [0.1, 0.15) is 5.69 Å². The third-order valence-electron chi connectivity index (χ3n) is 3.67. The lowest BCUT2D eigenvalue weighted by molar-refractivity contribution is 0.0950. The fourth-order valence-electron chi connectivity index (χ4n) is 2.45. The monoisotopic (exact) mass is 336 g/mol. The number of carbonyl (C=O) groups excluding carboxylic acids is 1. The number of nitrogens with one attached hydrogen (secondary N) is 2. The molecular formula is C18H13ClN4O. The quantitative estimate of drug-likeness (QED) is 0.564. The van der Waals surface area contributed by atoms with Gasteiger partial charge in [-0.05, 0) is 42.3 Å². The second kappa shape index (κ2) is 6.57. The van der Waals surface area contributed by atoms with Crippen molar-refractivity contribution in [3.8, 4) is 6.07 Å². The van der Waals surface area contributed by atoms with Crippen molar-refractivity contribution in [1.82, 2.24) is 10.4 Å². The second-order valence-electron chi connectivity index (χ2n) is 5.22. The molecule has 1 amide bonds. The summed E-state index contributed by atoms with van der Waals surface area (Å²) >= 11 is 6.19. The molecule has 1 aromatic heterocycles. The summed E-state index contributed by atoms with van der Waals surface area (Å²) in [7, 11) is 0. The van der Waals surface area contributed by atoms with E-state index in [0.29, 0.717) is 16.3 Å². The number of aromatic nitrogens is 1. The molecule has 0 unspecified atom stereocenters. The number of hydrazone groups is 1. The summed E-state index contributed by atoms with van der Waals surface area (Å²) in [6, 6.07) is 14.4. The zero-order chi connectivity index (χ0) is 17.1. The highest BCUT2D eigenvalue weighted by atomic mass is 35.5. The number of amides is 1. The van der Waals surface area contributed by atoms with Crippen LogP contribution >= 0.6 is 11.6 Å². The molecule has 0 aliphatic heterocycles. The highest BCUT2D eigenvalue weighted by molar-refractivity contribution is 6.36. The minimum Gasteiger partial charge on any atom is -0.350 e. The van der Waals surface area contributed by atoms with E-state index in [1.54, 1.807) is 30.3 Å². The van der Waals surface area contributed by atoms with E-state index in [4.69, 9.17) is 16.9 Å². The fourth-order valence-corrected chi connectivity index (χ4v) is 2.77. The van der Waals surface area contributed by atoms with Crippen molar-refractivity contribution < 1.29 is 4.79 Å². The summed E-state index contributed by atoms with van der Waals surface area (Å²) in [5.41, 5.74) is 5.85. The van der Waals surface area contributed by atoms with Crippen LogP contribution in [0, 0.1) is 18.3 Å². The minimum absolute atomic E-state index is 0.343. The Labute approximate surface area is 143 Å². The molecule has 5 nitrogen and oxygen atoms in total. The van der Waals surface area contributed by atoms with Gasteiger partial charge in [0.15, 0.2) is 0 Å². The summed E-state index contributed by atoms with van der Waals surface area (Å²) in [4.78, 5) is 15.4. The highest BCUT2D eigenvalue weighted by Crippen LogP contribution is 2.28. The number of halogens is 1. The van der Waals surface area contributed by atoms with Gasteiger partial charge in [-0.2, -0.15) is 10.4 Å². The van der Waals surface area contributed by atoms with Gasteiger partial charge in [-0.3, -0.25) is 4.79 Å². The molecule has 0 aliphatic carbocycles. The Kier molecular flexibility index (Phi) is 4.32. The van der Waals surface area contributed by atoms with E-state index in [1.165, 1.54) is 6.21 Å². The number of hydrogen-bond donors (Lipinski definition) is 2. The van der Waals surface area contributed by atoms with Crippen molar-refractivity contribution in [3.05, 3.63) is 69.9 Å². The van der Waals surface area contributed by atoms with Crippen LogP contribution in [0.5, 0.6) is 0 Å². The molecule has 24 heavy (non-hydrogen) atoms. The molecule has 0 aliphatic rings. The highest BCUT2D eigenvalue weighted by Gasteiger charge is 2.15. The van der Waals surface area contributed by atoms with Gasteiger partial charge in [-0.25, -0.2) is 5.43 Å². The zero-order valence-corrected chi connectivity index (χ0v) is 13.6. The lowest BCUT2D eigenvalue weighted by Gasteiger charge is -1.99. The predicted octanol–water partition coefficient (Wildman–Crippen LogP) is 3.77. The van der Waals surface area contributed by atoms with Gasteiger partial charge in [0, 0.05) is 10.9 Å². The van der Waals surface area contributed by atoms with E-state index in [-0.39, 0.29) is 5.91 Å². The molecule has 6 heteroatoms. The van der Waals surface area contributed by atoms with Crippen LogP contribution in [0.4, 0.5) is 0 Å². The van der Waals surface area contributed by atoms with Crippen LogP contribution in [-0.2, 0) is 0 Å². The molecule has 0 radical (unpaired) electrons. The maximum atomic E-state index is 12.3. The fraction of sp³-hybridized carbons (Fsp3) is 0.0556. The molecule has 3 aromatic rings. The van der Waals surface area contributed by atoms with Crippen molar-refractivity contribution in [2.24, 2.45) is 5.10 Å². The van der Waals surface area contributed by atoms with Crippen molar-refractivity contribution in [2.45, 2.75) is 6.92 Å². The summed E-state index contributed by atoms with van der Waals surface area (Å²) in [5.74, 6) is -0.343. The van der Waals surface area contributed by atoms with Crippen LogP contribution in [0.1, 0.15) is 27.2 Å². The molecular weight excluding hydrogens is 324 g/mol. The van der Waals surface area contributed by atoms with Crippen LogP contribution in [0.25, 0.3) is 10.9 Å². The van der Waals surface area contributed by atoms with Crippen molar-refractivity contribution in [1.29, 1.82) is 5.26 Å². The maximum absolute atomic E-state index is 12.3. The zero-order valence-electron chi connectivity index (χ0n) is 12.8. The van der Waals surface area contributed by atoms with Crippen LogP contribution in [0.15, 0.2) is 47.6 Å². The Morgan fingerprint density at radius 2 is 2.04 bits per heavy atom. The first kappa shape index (κ1) is 15.8. The summed E-state index contributed by atoms with van der Waals surface area (Å²) < 4.78 is 0. The number of H-pyrrole nitrogens is 1. The Balaban J connectivity index is 1.78. The second-order valence-corrected chi connectivity index (χ2v) is 5.63. The lowest BCUT2D eigenvalue weighted by Crippen LogP contribution is -2.18. The molecule has 0 bridgehead atoms. The predicted molar refractivity (Wildman–Crippen MR) is 94.3 cm³/mol. The normalized spacial score (nSPS) is 10.9. The Morgan fingerprint density at radius 3 is 2.71 bits per heavy atom. The molecule has 0 saturated heterocycles. The molecule has 0 saturated carbocycles. The standard InChI is InChI=1S/C18H13ClN4O/c1-11-16-14(19)3-2-4-15(16)22-17(11)18(24)23-21-10-13-7-5-12(9-20)6-8-13/h2-8,10,22H,1H3,(H,23,24). The number of hydrogen-bond acceptors (Lipinski definition) is 3. The topological polar surface area (TPSA) is 81.0 Å². The van der Waals surface area contributed by atoms with E-state index >= 15 is 0 Å². The first-order valence-electron chi connectivity index (χ1n) is 7.20. The Hall–Kier alpha value is -3.10. The number of rotatable bonds is 3. The average Bonchev–Trinajstić information content (AvgIpc) is 2.93. The van der Waals surface area contributed by atoms with Gasteiger partial charge >= 0.3 is 0 Å². The molecule has 1 heterocycles. The van der Waals surface area contributed by atoms with Crippen molar-refractivity contribution in [3.63, 3.8) is 0 Å². The molecule has 3 rings (SSSR count). The van der Waals surface area contributed by atoms with E-state index in [2.05, 4.69) is 15.5 Å². The molecule has 2 N–H and O–H groups in total. The van der Waals surface area contributed by atoms with Crippen molar-refractivity contribution in [2.75, 3.05) is 0 Å². The third-order valence-corrected chi connectivity index (χ3v) is 3.98. The van der Waals surface area contributed by atoms with Gasteiger partial charge in [-0.15, -0.1) is 0 Å². The number of aromatic amines is 1. The third kappa shape index (κ3) is 3.00. The van der Waals surface area contributed by atoms with Gasteiger partial charge in [0.2, 0.25) is 0 Å². The van der Waals surface area contributed by atoms with Gasteiger partial charge < -0.3 is 4.98 Å². The van der Waals surface area contributed by atoms with Crippen LogP contribution in [0.2, 0.25) is 5.02 Å². The Bertz CT molecular complexity index is 981. The number of carbonyl (C=O) groups is 1. The lowest BCUT2D eigenvalue weighted by atomic mass is 10.1. The molecule has 0 atom stereocenters. The van der Waals surface area contributed by atoms with E-state index in [9.17, 15) is 4.79 Å². The first-order chi connectivity index (χ1) is 11.6. The molecule has 0 fully saturated rings. The summed E-state index contributed by atoms with van der Waals surface area (Å²) in [6.07, 6.45) is 1.52. The maximum Gasteiger partial charge on any atom is 0.288 e. The minimum atomic E-state index is -0.343. The van der Waals surface area contributed by atoms with E-state index < -0.39 is 0 Å². The van der Waals surface area contributed by atoms with E-state index in [1.807, 2.05) is 25.1 Å². The molecule has 2 aromatic carbocycles. The number of aryl methyl sites for hydroxylation is 1. The average molecular weight is 337 g/mol. The number of fused-ring (bicyclic) bond motifs is 1. The van der Waals surface area contributed by atoms with Crippen molar-refractivity contribution >= 4 is 34.6 Å². The largest absolute Gasteiger partial charge is 0.350 e. The van der Waals surface area contributed by atoms with Gasteiger partial charge in [-0.1, -0.05) is 29.8 Å². The molecule has 118 valence electrons. The number of nitrogens with zero attached hydrogens (tertiary/aromatic N) is 2. The number of nitriles is 1. The summed E-state index contributed by atoms with van der Waals surface area (Å²) in [5, 5.41) is 14.1. The first-order valence-corrected chi connectivity index (χ1v) is 7.58. The number of benzene rings is 2. The van der Waals surface area contributed by atoms with Crippen LogP contribution in [-0.4, -0.2) is 17.1 Å². The van der Waals surface area contributed by atoms with E-state index in [0.717, 1.165) is 22.0 Å². The SMILES string of the molecule is Cc1c(C(=O)NN=Cc2ccc(C#N)cc2)[nH]c2cccc(Cl)c12. The van der Waals surface area contributed by atoms with Crippen LogP contribution in [0.3, 0.4) is 0 Å². The Morgan fingerprint density at radius 1 is 1.29 bits per heavy atom. The van der Waals surface area contributed by atoms with Gasteiger partial charge in [0.05, 0.1) is 22.9 Å². The molecule has 0 spiro atoms. The van der Waals surface area contributed by atoms with Gasteiger partial charge in [0.25, 0.3) is 5.91 Å². The van der Waals surface area contributed by atoms with Crippen LogP contribution < -0.4 is 5.43 Å². The summed E-state index contributed by atoms with van der Waals surface area (Å²) in [6.45, 7) is 1.84.